The van der Waals surface area contributed by atoms with Crippen molar-refractivity contribution in [2.45, 2.75) is 26.8 Å². The average molecular weight is 319 g/mol. The van der Waals surface area contributed by atoms with Crippen molar-refractivity contribution in [1.82, 2.24) is 5.32 Å². The minimum absolute atomic E-state index is 0.171. The monoisotopic (exact) mass is 319 g/mol. The SMILES string of the molecule is Cc1cc(C)cc(OCC(=O)N[C@H](C)c2ccc(F)cc2F)c1. The van der Waals surface area contributed by atoms with Gasteiger partial charge in [-0.25, -0.2) is 8.78 Å². The molecule has 0 aliphatic carbocycles. The molecule has 2 aromatic carbocycles. The van der Waals surface area contributed by atoms with Gasteiger partial charge in [0, 0.05) is 11.6 Å². The van der Waals surface area contributed by atoms with Gasteiger partial charge >= 0.3 is 0 Å². The van der Waals surface area contributed by atoms with E-state index in [1.165, 1.54) is 6.07 Å². The number of carbonyl (C=O) groups is 1. The van der Waals surface area contributed by atoms with Crippen LogP contribution in [0.5, 0.6) is 5.75 Å². The van der Waals surface area contributed by atoms with Crippen molar-refractivity contribution in [2.24, 2.45) is 0 Å². The summed E-state index contributed by atoms with van der Waals surface area (Å²) in [6, 6.07) is 8.38. The summed E-state index contributed by atoms with van der Waals surface area (Å²) in [6.45, 7) is 5.35. The average Bonchev–Trinajstić information content (AvgIpc) is 2.44. The summed E-state index contributed by atoms with van der Waals surface area (Å²) >= 11 is 0. The lowest BCUT2D eigenvalue weighted by molar-refractivity contribution is -0.123. The summed E-state index contributed by atoms with van der Waals surface area (Å²) in [6.07, 6.45) is 0. The van der Waals surface area contributed by atoms with Crippen LogP contribution >= 0.6 is 0 Å². The van der Waals surface area contributed by atoms with Crippen LogP contribution in [0.15, 0.2) is 36.4 Å². The second-order valence-corrected chi connectivity index (χ2v) is 5.57. The van der Waals surface area contributed by atoms with Gasteiger partial charge in [0.25, 0.3) is 5.91 Å². The van der Waals surface area contributed by atoms with Gasteiger partial charge in [-0.1, -0.05) is 12.1 Å². The van der Waals surface area contributed by atoms with Crippen molar-refractivity contribution in [3.63, 3.8) is 0 Å². The van der Waals surface area contributed by atoms with Crippen LogP contribution in [0.4, 0.5) is 8.78 Å². The smallest absolute Gasteiger partial charge is 0.258 e. The zero-order valence-electron chi connectivity index (χ0n) is 13.3. The van der Waals surface area contributed by atoms with Crippen LogP contribution in [0.3, 0.4) is 0 Å². The first-order chi connectivity index (χ1) is 10.8. The van der Waals surface area contributed by atoms with Crippen molar-refractivity contribution in [3.05, 3.63) is 64.7 Å². The van der Waals surface area contributed by atoms with Crippen molar-refractivity contribution in [2.75, 3.05) is 6.61 Å². The Morgan fingerprint density at radius 1 is 1.13 bits per heavy atom. The maximum atomic E-state index is 13.7. The molecule has 1 amide bonds. The number of amides is 1. The molecule has 5 heteroatoms. The van der Waals surface area contributed by atoms with Gasteiger partial charge in [0.2, 0.25) is 0 Å². The molecule has 0 unspecified atom stereocenters. The van der Waals surface area contributed by atoms with E-state index >= 15 is 0 Å². The fourth-order valence-electron chi connectivity index (χ4n) is 2.38. The molecule has 0 bridgehead atoms. The molecule has 0 saturated carbocycles. The van der Waals surface area contributed by atoms with Crippen LogP contribution in [0.1, 0.15) is 29.7 Å². The Morgan fingerprint density at radius 2 is 1.78 bits per heavy atom. The van der Waals surface area contributed by atoms with Crippen LogP contribution in [-0.2, 0) is 4.79 Å². The highest BCUT2D eigenvalue weighted by Gasteiger charge is 2.14. The number of carbonyl (C=O) groups excluding carboxylic acids is 1. The fourth-order valence-corrected chi connectivity index (χ4v) is 2.38. The van der Waals surface area contributed by atoms with Crippen LogP contribution in [-0.4, -0.2) is 12.5 Å². The van der Waals surface area contributed by atoms with Gasteiger partial charge in [0.05, 0.1) is 6.04 Å². The number of hydrogen-bond acceptors (Lipinski definition) is 2. The Bertz CT molecular complexity index is 696. The van der Waals surface area contributed by atoms with E-state index in [-0.39, 0.29) is 18.1 Å². The fraction of sp³-hybridized carbons (Fsp3) is 0.278. The lowest BCUT2D eigenvalue weighted by Crippen LogP contribution is -2.31. The number of benzene rings is 2. The van der Waals surface area contributed by atoms with Crippen molar-refractivity contribution in [1.29, 1.82) is 0 Å². The Balaban J connectivity index is 1.93. The molecular weight excluding hydrogens is 300 g/mol. The van der Waals surface area contributed by atoms with E-state index in [1.807, 2.05) is 32.0 Å². The molecule has 0 aliphatic heterocycles. The molecule has 1 atom stereocenters. The number of hydrogen-bond donors (Lipinski definition) is 1. The zero-order valence-corrected chi connectivity index (χ0v) is 13.3. The Hall–Kier alpha value is -2.43. The molecule has 0 spiro atoms. The molecule has 3 nitrogen and oxygen atoms in total. The Morgan fingerprint density at radius 3 is 2.39 bits per heavy atom. The first-order valence-electron chi connectivity index (χ1n) is 7.30. The highest BCUT2D eigenvalue weighted by molar-refractivity contribution is 5.78. The predicted molar refractivity (Wildman–Crippen MR) is 84.3 cm³/mol. The summed E-state index contributed by atoms with van der Waals surface area (Å²) in [4.78, 5) is 11.9. The lowest BCUT2D eigenvalue weighted by atomic mass is 10.1. The summed E-state index contributed by atoms with van der Waals surface area (Å²) in [5.74, 6) is -1.10. The highest BCUT2D eigenvalue weighted by atomic mass is 19.1. The number of halogens is 2. The van der Waals surface area contributed by atoms with E-state index in [9.17, 15) is 13.6 Å². The molecule has 122 valence electrons. The van der Waals surface area contributed by atoms with Crippen molar-refractivity contribution >= 4 is 5.91 Å². The maximum absolute atomic E-state index is 13.7. The van der Waals surface area contributed by atoms with Gasteiger partial charge in [0.1, 0.15) is 17.4 Å². The normalized spacial score (nSPS) is 11.9. The minimum atomic E-state index is -0.687. The van der Waals surface area contributed by atoms with Gasteiger partial charge < -0.3 is 10.1 Å². The number of ether oxygens (including phenoxy) is 1. The largest absolute Gasteiger partial charge is 0.484 e. The maximum Gasteiger partial charge on any atom is 0.258 e. The predicted octanol–water partition coefficient (Wildman–Crippen LogP) is 3.84. The summed E-state index contributed by atoms with van der Waals surface area (Å²) < 4.78 is 32.0. The molecule has 1 N–H and O–H groups in total. The van der Waals surface area contributed by atoms with Gasteiger partial charge in [-0.15, -0.1) is 0 Å². The first-order valence-corrected chi connectivity index (χ1v) is 7.30. The second-order valence-electron chi connectivity index (χ2n) is 5.57. The molecular formula is C18H19F2NO2. The van der Waals surface area contributed by atoms with E-state index in [4.69, 9.17) is 4.74 Å². The molecule has 0 aromatic heterocycles. The number of nitrogens with one attached hydrogen (secondary N) is 1. The third-order valence-electron chi connectivity index (χ3n) is 3.37. The Labute approximate surface area is 134 Å². The molecule has 0 aliphatic rings. The number of rotatable bonds is 5. The summed E-state index contributed by atoms with van der Waals surface area (Å²) in [5, 5.41) is 2.63. The second kappa shape index (κ2) is 7.22. The minimum Gasteiger partial charge on any atom is -0.484 e. The van der Waals surface area contributed by atoms with Crippen molar-refractivity contribution < 1.29 is 18.3 Å². The van der Waals surface area contributed by atoms with Gasteiger partial charge in [0.15, 0.2) is 6.61 Å². The van der Waals surface area contributed by atoms with Crippen molar-refractivity contribution in [3.8, 4) is 5.75 Å². The van der Waals surface area contributed by atoms with E-state index in [0.29, 0.717) is 5.75 Å². The van der Waals surface area contributed by atoms with E-state index < -0.39 is 17.7 Å². The van der Waals surface area contributed by atoms with Gasteiger partial charge in [-0.3, -0.25) is 4.79 Å². The van der Waals surface area contributed by atoms with Crippen LogP contribution in [0.2, 0.25) is 0 Å². The van der Waals surface area contributed by atoms with Crippen LogP contribution in [0.25, 0.3) is 0 Å². The summed E-state index contributed by atoms with van der Waals surface area (Å²) in [5.41, 5.74) is 2.32. The molecule has 0 fully saturated rings. The summed E-state index contributed by atoms with van der Waals surface area (Å²) in [7, 11) is 0. The van der Waals surface area contributed by atoms with Gasteiger partial charge in [-0.2, -0.15) is 0 Å². The zero-order chi connectivity index (χ0) is 17.0. The number of aryl methyl sites for hydroxylation is 2. The highest BCUT2D eigenvalue weighted by Crippen LogP contribution is 2.18. The molecule has 0 radical (unpaired) electrons. The van der Waals surface area contributed by atoms with Gasteiger partial charge in [-0.05, 0) is 50.1 Å². The lowest BCUT2D eigenvalue weighted by Gasteiger charge is -2.15. The molecule has 0 saturated heterocycles. The standard InChI is InChI=1S/C18H19F2NO2/c1-11-6-12(2)8-15(7-11)23-10-18(22)21-13(3)16-5-4-14(19)9-17(16)20/h4-9,13H,10H2,1-3H3,(H,21,22)/t13-/m1/s1. The molecule has 2 aromatic rings. The van der Waals surface area contributed by atoms with E-state index in [0.717, 1.165) is 23.3 Å². The van der Waals surface area contributed by atoms with E-state index in [2.05, 4.69) is 5.32 Å². The quantitative estimate of drug-likeness (QED) is 0.909. The van der Waals surface area contributed by atoms with Crippen LogP contribution < -0.4 is 10.1 Å². The molecule has 2 rings (SSSR count). The van der Waals surface area contributed by atoms with Crippen LogP contribution in [0, 0.1) is 25.5 Å². The molecule has 23 heavy (non-hydrogen) atoms. The third kappa shape index (κ3) is 4.77. The van der Waals surface area contributed by atoms with E-state index in [1.54, 1.807) is 6.92 Å². The topological polar surface area (TPSA) is 38.3 Å². The Kier molecular flexibility index (Phi) is 5.32. The third-order valence-corrected chi connectivity index (χ3v) is 3.37. The molecule has 0 heterocycles. The first kappa shape index (κ1) is 16.9.